The van der Waals surface area contributed by atoms with E-state index in [2.05, 4.69) is 55.6 Å². The largest absolute Gasteiger partial charge is 0.378 e. The Morgan fingerprint density at radius 2 is 1.79 bits per heavy atom. The van der Waals surface area contributed by atoms with Crippen LogP contribution >= 0.6 is 0 Å². The van der Waals surface area contributed by atoms with E-state index in [0.29, 0.717) is 16.7 Å². The Morgan fingerprint density at radius 1 is 1.07 bits per heavy atom. The van der Waals surface area contributed by atoms with E-state index in [4.69, 9.17) is 0 Å². The van der Waals surface area contributed by atoms with Crippen molar-refractivity contribution in [3.8, 4) is 0 Å². The van der Waals surface area contributed by atoms with E-state index in [1.165, 1.54) is 15.4 Å². The van der Waals surface area contributed by atoms with Crippen LogP contribution in [0, 0.1) is 5.92 Å². The molecule has 2 aliphatic rings. The van der Waals surface area contributed by atoms with Crippen LogP contribution < -0.4 is 5.32 Å². The zero-order valence-corrected chi connectivity index (χ0v) is 17.7. The maximum Gasteiger partial charge on any atom is 0.242 e. The molecule has 0 spiro atoms. The van der Waals surface area contributed by atoms with E-state index in [1.807, 2.05) is 12.1 Å². The van der Waals surface area contributed by atoms with Crippen molar-refractivity contribution in [1.82, 2.24) is 4.31 Å². The maximum absolute atomic E-state index is 12.6. The second kappa shape index (κ2) is 7.05. The summed E-state index contributed by atoms with van der Waals surface area (Å²) >= 11 is 0. The molecular weight excluding hydrogens is 368 g/mol. The molecule has 0 aromatic heterocycles. The second-order valence-corrected chi connectivity index (χ2v) is 10.5. The molecule has 0 saturated carbocycles. The molecule has 148 valence electrons. The van der Waals surface area contributed by atoms with E-state index in [1.54, 1.807) is 20.2 Å². The van der Waals surface area contributed by atoms with Crippen molar-refractivity contribution >= 4 is 15.7 Å². The van der Waals surface area contributed by atoms with Crippen molar-refractivity contribution in [3.63, 3.8) is 0 Å². The van der Waals surface area contributed by atoms with E-state index in [-0.39, 0.29) is 12.0 Å². The summed E-state index contributed by atoms with van der Waals surface area (Å²) in [7, 11) is -0.293. The van der Waals surface area contributed by atoms with E-state index in [9.17, 15) is 8.42 Å². The van der Waals surface area contributed by atoms with Gasteiger partial charge in [-0.25, -0.2) is 12.7 Å². The molecule has 2 aromatic rings. The number of fused-ring (bicyclic) bond motifs is 3. The average molecular weight is 397 g/mol. The summed E-state index contributed by atoms with van der Waals surface area (Å²) in [6.45, 7) is 4.42. The van der Waals surface area contributed by atoms with Crippen LogP contribution in [0.5, 0.6) is 0 Å². The molecule has 0 radical (unpaired) electrons. The van der Waals surface area contributed by atoms with Gasteiger partial charge in [-0.05, 0) is 53.1 Å². The lowest BCUT2D eigenvalue weighted by atomic mass is 9.77. The van der Waals surface area contributed by atoms with Crippen LogP contribution in [0.1, 0.15) is 54.8 Å². The van der Waals surface area contributed by atoms with Gasteiger partial charge in [-0.15, -0.1) is 0 Å². The smallest absolute Gasteiger partial charge is 0.242 e. The lowest BCUT2D eigenvalue weighted by molar-refractivity contribution is 0.425. The summed E-state index contributed by atoms with van der Waals surface area (Å²) in [4.78, 5) is 0.358. The van der Waals surface area contributed by atoms with Crippen molar-refractivity contribution in [2.24, 2.45) is 5.92 Å². The molecule has 0 amide bonds. The summed E-state index contributed by atoms with van der Waals surface area (Å²) in [5, 5.41) is 3.69. The molecule has 1 N–H and O–H groups in total. The SMILES string of the molecule is CC(C)c1ccc(C2Nc3ccc(S(=O)(=O)N(C)C)cc3C3C=CCC32)cc1. The van der Waals surface area contributed by atoms with Crippen LogP contribution in [0.15, 0.2) is 59.5 Å². The van der Waals surface area contributed by atoms with E-state index in [0.717, 1.165) is 17.7 Å². The summed E-state index contributed by atoms with van der Waals surface area (Å²) in [6, 6.07) is 14.6. The highest BCUT2D eigenvalue weighted by Crippen LogP contribution is 2.50. The Balaban J connectivity index is 1.72. The van der Waals surface area contributed by atoms with Crippen LogP contribution in [0.4, 0.5) is 5.69 Å². The Labute approximate surface area is 168 Å². The maximum atomic E-state index is 12.6. The summed E-state index contributed by atoms with van der Waals surface area (Å²) in [5.74, 6) is 1.16. The summed E-state index contributed by atoms with van der Waals surface area (Å²) < 4.78 is 26.4. The Kier molecular flexibility index (Phi) is 4.84. The third kappa shape index (κ3) is 3.16. The van der Waals surface area contributed by atoms with Crippen LogP contribution in [0.3, 0.4) is 0 Å². The van der Waals surface area contributed by atoms with Gasteiger partial charge in [0.25, 0.3) is 0 Å². The summed E-state index contributed by atoms with van der Waals surface area (Å²) in [5.41, 5.74) is 4.75. The molecule has 28 heavy (non-hydrogen) atoms. The van der Waals surface area contributed by atoms with Crippen LogP contribution in [0.2, 0.25) is 0 Å². The number of rotatable bonds is 4. The predicted octanol–water partition coefficient (Wildman–Crippen LogP) is 4.89. The minimum absolute atomic E-state index is 0.227. The standard InChI is InChI=1S/C23H28N2O2S/c1-15(2)16-8-10-17(11-9-16)23-20-7-5-6-19(20)21-14-18(12-13-22(21)24-23)28(26,27)25(3)4/h5-6,8-15,19-20,23-24H,7H2,1-4H3. The van der Waals surface area contributed by atoms with E-state index >= 15 is 0 Å². The van der Waals surface area contributed by atoms with Crippen molar-refractivity contribution < 1.29 is 8.42 Å². The Hall–Kier alpha value is -2.11. The van der Waals surface area contributed by atoms with Crippen LogP contribution in [0.25, 0.3) is 0 Å². The number of sulfonamides is 1. The van der Waals surface area contributed by atoms with Gasteiger partial charge in [-0.2, -0.15) is 0 Å². The second-order valence-electron chi connectivity index (χ2n) is 8.33. The Bertz CT molecular complexity index is 1010. The first-order valence-corrected chi connectivity index (χ1v) is 11.3. The van der Waals surface area contributed by atoms with Gasteiger partial charge < -0.3 is 5.32 Å². The third-order valence-corrected chi connectivity index (χ3v) is 7.89. The number of nitrogens with zero attached hydrogens (tertiary/aromatic N) is 1. The van der Waals surface area contributed by atoms with E-state index < -0.39 is 10.0 Å². The first kappa shape index (κ1) is 19.2. The predicted molar refractivity (Wildman–Crippen MR) is 114 cm³/mol. The van der Waals surface area contributed by atoms with Gasteiger partial charge in [0.1, 0.15) is 0 Å². The molecule has 3 unspecified atom stereocenters. The lowest BCUT2D eigenvalue weighted by Crippen LogP contribution is -2.29. The molecule has 1 aliphatic carbocycles. The fourth-order valence-electron chi connectivity index (χ4n) is 4.36. The number of allylic oxidation sites excluding steroid dienone is 2. The molecule has 0 fully saturated rings. The molecule has 2 aromatic carbocycles. The van der Waals surface area contributed by atoms with Gasteiger partial charge in [0.05, 0.1) is 10.9 Å². The minimum Gasteiger partial charge on any atom is -0.378 e. The first-order valence-electron chi connectivity index (χ1n) is 9.88. The quantitative estimate of drug-likeness (QED) is 0.749. The molecule has 5 heteroatoms. The van der Waals surface area contributed by atoms with Gasteiger partial charge in [0.2, 0.25) is 10.0 Å². The fraction of sp³-hybridized carbons (Fsp3) is 0.391. The molecule has 3 atom stereocenters. The monoisotopic (exact) mass is 396 g/mol. The number of benzene rings is 2. The molecule has 4 nitrogen and oxygen atoms in total. The number of nitrogens with one attached hydrogen (secondary N) is 1. The lowest BCUT2D eigenvalue weighted by Gasteiger charge is -2.38. The number of hydrogen-bond acceptors (Lipinski definition) is 3. The van der Waals surface area contributed by atoms with Crippen molar-refractivity contribution in [1.29, 1.82) is 0 Å². The van der Waals surface area contributed by atoms with Crippen molar-refractivity contribution in [2.75, 3.05) is 19.4 Å². The first-order chi connectivity index (χ1) is 13.3. The zero-order valence-electron chi connectivity index (χ0n) is 16.9. The topological polar surface area (TPSA) is 49.4 Å². The van der Waals surface area contributed by atoms with Crippen LogP contribution in [-0.4, -0.2) is 26.8 Å². The molecule has 4 rings (SSSR count). The van der Waals surface area contributed by atoms with Crippen LogP contribution in [-0.2, 0) is 10.0 Å². The van der Waals surface area contributed by atoms with Gasteiger partial charge in [0.15, 0.2) is 0 Å². The van der Waals surface area contributed by atoms with Gasteiger partial charge >= 0.3 is 0 Å². The van der Waals surface area contributed by atoms with Crippen molar-refractivity contribution in [3.05, 3.63) is 71.3 Å². The molecule has 1 aliphatic heterocycles. The number of anilines is 1. The molecule has 0 saturated heterocycles. The average Bonchev–Trinajstić information content (AvgIpc) is 3.17. The van der Waals surface area contributed by atoms with Crippen molar-refractivity contribution in [2.45, 2.75) is 43.0 Å². The number of hydrogen-bond donors (Lipinski definition) is 1. The van der Waals surface area contributed by atoms with Gasteiger partial charge in [-0.1, -0.05) is 50.3 Å². The molecule has 0 bridgehead atoms. The highest BCUT2D eigenvalue weighted by atomic mass is 32.2. The molecular formula is C23H28N2O2S. The zero-order chi connectivity index (χ0) is 20.1. The van der Waals surface area contributed by atoms with Gasteiger partial charge in [0, 0.05) is 25.7 Å². The third-order valence-electron chi connectivity index (χ3n) is 6.08. The summed E-state index contributed by atoms with van der Waals surface area (Å²) in [6.07, 6.45) is 5.47. The Morgan fingerprint density at radius 3 is 2.43 bits per heavy atom. The highest BCUT2D eigenvalue weighted by molar-refractivity contribution is 7.89. The van der Waals surface area contributed by atoms with Gasteiger partial charge in [-0.3, -0.25) is 0 Å². The fourth-order valence-corrected chi connectivity index (χ4v) is 5.30. The minimum atomic E-state index is -3.44. The molecule has 1 heterocycles. The normalized spacial score (nSPS) is 23.6. The highest BCUT2D eigenvalue weighted by Gasteiger charge is 2.38.